The highest BCUT2D eigenvalue weighted by molar-refractivity contribution is 6.29. The molecule has 100 valence electrons. The van der Waals surface area contributed by atoms with Crippen LogP contribution in [-0.2, 0) is 6.54 Å². The van der Waals surface area contributed by atoms with Crippen LogP contribution in [0.3, 0.4) is 0 Å². The predicted octanol–water partition coefficient (Wildman–Crippen LogP) is 1.39. The SMILES string of the molecule is O=c1onc(-c2ncccn2)n1Cc1ccnc(Cl)c1. The third kappa shape index (κ3) is 2.43. The van der Waals surface area contributed by atoms with Gasteiger partial charge in [-0.3, -0.25) is 4.52 Å². The van der Waals surface area contributed by atoms with Crippen molar-refractivity contribution in [2.75, 3.05) is 0 Å². The zero-order valence-corrected chi connectivity index (χ0v) is 10.9. The number of nitrogens with zero attached hydrogens (tertiary/aromatic N) is 5. The molecular formula is C12H8ClN5O2. The van der Waals surface area contributed by atoms with Crippen LogP contribution >= 0.6 is 11.6 Å². The Morgan fingerprint density at radius 2 is 2.00 bits per heavy atom. The molecule has 0 amide bonds. The molecule has 0 saturated heterocycles. The molecule has 0 saturated carbocycles. The average molecular weight is 290 g/mol. The van der Waals surface area contributed by atoms with Crippen LogP contribution in [0.25, 0.3) is 11.6 Å². The highest BCUT2D eigenvalue weighted by Crippen LogP contribution is 2.13. The Labute approximate surface area is 117 Å². The molecule has 0 atom stereocenters. The lowest BCUT2D eigenvalue weighted by Gasteiger charge is -2.03. The largest absolute Gasteiger partial charge is 0.442 e. The summed E-state index contributed by atoms with van der Waals surface area (Å²) in [6, 6.07) is 5.09. The first-order valence-electron chi connectivity index (χ1n) is 5.68. The van der Waals surface area contributed by atoms with E-state index in [1.807, 2.05) is 0 Å². The average Bonchev–Trinajstić information content (AvgIpc) is 2.81. The van der Waals surface area contributed by atoms with Gasteiger partial charge in [0.1, 0.15) is 5.15 Å². The Kier molecular flexibility index (Phi) is 3.26. The fourth-order valence-electron chi connectivity index (χ4n) is 1.71. The van der Waals surface area contributed by atoms with Gasteiger partial charge in [-0.1, -0.05) is 16.8 Å². The van der Waals surface area contributed by atoms with Crippen molar-refractivity contribution in [1.29, 1.82) is 0 Å². The van der Waals surface area contributed by atoms with Gasteiger partial charge in [0.05, 0.1) is 6.54 Å². The number of hydrogen-bond donors (Lipinski definition) is 0. The number of aromatic nitrogens is 5. The van der Waals surface area contributed by atoms with E-state index in [4.69, 9.17) is 11.6 Å². The van der Waals surface area contributed by atoms with Crippen molar-refractivity contribution in [3.8, 4) is 11.6 Å². The molecule has 0 aliphatic rings. The van der Waals surface area contributed by atoms with Gasteiger partial charge in [0.15, 0.2) is 5.82 Å². The topological polar surface area (TPSA) is 86.7 Å². The molecule has 0 N–H and O–H groups in total. The van der Waals surface area contributed by atoms with Crippen molar-refractivity contribution in [3.63, 3.8) is 0 Å². The molecule has 20 heavy (non-hydrogen) atoms. The van der Waals surface area contributed by atoms with Gasteiger partial charge in [0, 0.05) is 18.6 Å². The molecular weight excluding hydrogens is 282 g/mol. The summed E-state index contributed by atoms with van der Waals surface area (Å²) in [5.74, 6) is 0.00225. The van der Waals surface area contributed by atoms with E-state index in [-0.39, 0.29) is 12.4 Å². The van der Waals surface area contributed by atoms with Gasteiger partial charge in [0.2, 0.25) is 5.82 Å². The van der Waals surface area contributed by atoms with Crippen LogP contribution in [0, 0.1) is 0 Å². The van der Waals surface area contributed by atoms with Gasteiger partial charge in [-0.2, -0.15) is 0 Å². The van der Waals surface area contributed by atoms with Gasteiger partial charge in [-0.25, -0.2) is 24.3 Å². The lowest BCUT2D eigenvalue weighted by Crippen LogP contribution is -2.17. The maximum Gasteiger partial charge on any atom is 0.442 e. The van der Waals surface area contributed by atoms with E-state index in [1.54, 1.807) is 36.8 Å². The minimum Gasteiger partial charge on any atom is -0.295 e. The van der Waals surface area contributed by atoms with Crippen LogP contribution in [0.4, 0.5) is 0 Å². The van der Waals surface area contributed by atoms with Crippen molar-refractivity contribution in [3.05, 3.63) is 58.1 Å². The quantitative estimate of drug-likeness (QED) is 0.677. The summed E-state index contributed by atoms with van der Waals surface area (Å²) in [5.41, 5.74) is 0.799. The minimum absolute atomic E-state index is 0.248. The van der Waals surface area contributed by atoms with Crippen molar-refractivity contribution in [1.82, 2.24) is 24.7 Å². The van der Waals surface area contributed by atoms with Crippen LogP contribution in [0.15, 0.2) is 46.1 Å². The molecule has 0 aromatic carbocycles. The van der Waals surface area contributed by atoms with Gasteiger partial charge < -0.3 is 0 Å². The van der Waals surface area contributed by atoms with Crippen molar-refractivity contribution in [2.45, 2.75) is 6.54 Å². The van der Waals surface area contributed by atoms with E-state index in [0.29, 0.717) is 11.0 Å². The molecule has 0 aliphatic carbocycles. The van der Waals surface area contributed by atoms with Gasteiger partial charge in [-0.05, 0) is 23.8 Å². The standard InChI is InChI=1S/C12H8ClN5O2/c13-9-6-8(2-5-14-9)7-18-11(17-20-12(18)19)10-15-3-1-4-16-10/h1-6H,7H2. The predicted molar refractivity (Wildman–Crippen MR) is 70.1 cm³/mol. The van der Waals surface area contributed by atoms with Crippen molar-refractivity contribution < 1.29 is 4.52 Å². The van der Waals surface area contributed by atoms with Crippen LogP contribution in [-0.4, -0.2) is 24.7 Å². The second-order valence-corrected chi connectivity index (χ2v) is 4.30. The molecule has 0 unspecified atom stereocenters. The molecule has 3 aromatic rings. The monoisotopic (exact) mass is 289 g/mol. The van der Waals surface area contributed by atoms with E-state index in [2.05, 4.69) is 24.6 Å². The smallest absolute Gasteiger partial charge is 0.295 e. The maximum absolute atomic E-state index is 11.7. The first kappa shape index (κ1) is 12.5. The van der Waals surface area contributed by atoms with E-state index >= 15 is 0 Å². The van der Waals surface area contributed by atoms with E-state index in [0.717, 1.165) is 5.56 Å². The third-order valence-electron chi connectivity index (χ3n) is 2.58. The molecule has 0 radical (unpaired) electrons. The molecule has 3 rings (SSSR count). The number of rotatable bonds is 3. The Balaban J connectivity index is 2.02. The Bertz CT molecular complexity index is 784. The van der Waals surface area contributed by atoms with Crippen LogP contribution in [0.2, 0.25) is 5.15 Å². The van der Waals surface area contributed by atoms with Gasteiger partial charge >= 0.3 is 5.76 Å². The normalized spacial score (nSPS) is 10.7. The molecule has 3 heterocycles. The van der Waals surface area contributed by atoms with Crippen LogP contribution < -0.4 is 5.76 Å². The summed E-state index contributed by atoms with van der Waals surface area (Å²) in [5, 5.41) is 4.06. The second kappa shape index (κ2) is 5.22. The van der Waals surface area contributed by atoms with Crippen molar-refractivity contribution in [2.24, 2.45) is 0 Å². The third-order valence-corrected chi connectivity index (χ3v) is 2.79. The molecule has 7 nitrogen and oxygen atoms in total. The number of hydrogen-bond acceptors (Lipinski definition) is 6. The van der Waals surface area contributed by atoms with E-state index < -0.39 is 5.76 Å². The lowest BCUT2D eigenvalue weighted by atomic mass is 10.2. The van der Waals surface area contributed by atoms with Crippen LogP contribution in [0.5, 0.6) is 0 Å². The zero-order chi connectivity index (χ0) is 13.9. The summed E-state index contributed by atoms with van der Waals surface area (Å²) in [6.45, 7) is 0.248. The first-order valence-corrected chi connectivity index (χ1v) is 6.06. The Hall–Kier alpha value is -2.54. The van der Waals surface area contributed by atoms with E-state index in [9.17, 15) is 4.79 Å². The number of halogens is 1. The van der Waals surface area contributed by atoms with Gasteiger partial charge in [-0.15, -0.1) is 0 Å². The highest BCUT2D eigenvalue weighted by atomic mass is 35.5. The summed E-state index contributed by atoms with van der Waals surface area (Å²) < 4.78 is 6.02. The summed E-state index contributed by atoms with van der Waals surface area (Å²) in [4.78, 5) is 23.7. The molecule has 0 spiro atoms. The second-order valence-electron chi connectivity index (χ2n) is 3.92. The van der Waals surface area contributed by atoms with E-state index in [1.165, 1.54) is 4.57 Å². The summed E-state index contributed by atoms with van der Waals surface area (Å²) >= 11 is 5.82. The number of pyridine rings is 1. The highest BCUT2D eigenvalue weighted by Gasteiger charge is 2.15. The Morgan fingerprint density at radius 1 is 1.20 bits per heavy atom. The molecule has 0 aliphatic heterocycles. The van der Waals surface area contributed by atoms with Crippen molar-refractivity contribution >= 4 is 11.6 Å². The molecule has 3 aromatic heterocycles. The molecule has 0 bridgehead atoms. The minimum atomic E-state index is -0.583. The lowest BCUT2D eigenvalue weighted by molar-refractivity contribution is 0.378. The Morgan fingerprint density at radius 3 is 2.75 bits per heavy atom. The summed E-state index contributed by atoms with van der Waals surface area (Å²) in [7, 11) is 0. The molecule has 8 heteroatoms. The molecule has 0 fully saturated rings. The van der Waals surface area contributed by atoms with Crippen LogP contribution in [0.1, 0.15) is 5.56 Å². The summed E-state index contributed by atoms with van der Waals surface area (Å²) in [6.07, 6.45) is 4.69. The fourth-order valence-corrected chi connectivity index (χ4v) is 1.90. The zero-order valence-electron chi connectivity index (χ0n) is 10.1. The van der Waals surface area contributed by atoms with Gasteiger partial charge in [0.25, 0.3) is 0 Å². The fraction of sp³-hybridized carbons (Fsp3) is 0.0833. The first-order chi connectivity index (χ1) is 9.74. The maximum atomic E-state index is 11.7.